The van der Waals surface area contributed by atoms with E-state index in [1.54, 1.807) is 23.3 Å². The van der Waals surface area contributed by atoms with Crippen molar-refractivity contribution in [3.63, 3.8) is 0 Å². The fraction of sp³-hybridized carbons (Fsp3) is 0.386. The van der Waals surface area contributed by atoms with Gasteiger partial charge in [0.05, 0.1) is 12.6 Å². The third-order valence-electron chi connectivity index (χ3n) is 9.15. The van der Waals surface area contributed by atoms with E-state index in [1.807, 2.05) is 120 Å². The van der Waals surface area contributed by atoms with Crippen LogP contribution >= 0.6 is 11.3 Å². The van der Waals surface area contributed by atoms with Crippen molar-refractivity contribution in [3.8, 4) is 5.75 Å². The molecule has 0 spiro atoms. The van der Waals surface area contributed by atoms with Crippen LogP contribution in [0.25, 0.3) is 20.9 Å². The summed E-state index contributed by atoms with van der Waals surface area (Å²) in [6.07, 6.45) is -0.475. The standard InChI is InChI=1S/C44H55N5O6S/c1-8-53-42(54-9-2)30(3)49(27-34-29-56-39-20-13-12-19-37(34)39)41(51)38(25-31-21-23-35(24-22-31)55-44(4,5)6)46-40(50)28-48(7)47-43(52)45-26-33-17-14-16-32-15-10-11-18-36(32)33/h10-24,29-30,38,42H,8-9,25-28H2,1-7H3,(H,46,50)(H2,45,47,52). The summed E-state index contributed by atoms with van der Waals surface area (Å²) >= 11 is 1.62. The van der Waals surface area contributed by atoms with Crippen LogP contribution in [-0.2, 0) is 38.6 Å². The van der Waals surface area contributed by atoms with Gasteiger partial charge in [0.15, 0.2) is 6.29 Å². The molecule has 4 aromatic carbocycles. The molecule has 12 heteroatoms. The van der Waals surface area contributed by atoms with Crippen molar-refractivity contribution in [2.75, 3.05) is 26.8 Å². The average molecular weight is 782 g/mol. The Balaban J connectivity index is 1.35. The molecule has 2 unspecified atom stereocenters. The first-order valence-corrected chi connectivity index (χ1v) is 20.0. The Kier molecular flexibility index (Phi) is 14.8. The summed E-state index contributed by atoms with van der Waals surface area (Å²) in [6, 6.07) is 27.7. The quantitative estimate of drug-likeness (QED) is 0.0625. The molecule has 0 saturated heterocycles. The van der Waals surface area contributed by atoms with Gasteiger partial charge in [-0.25, -0.2) is 9.80 Å². The Bertz CT molecular complexity index is 2050. The van der Waals surface area contributed by atoms with Crippen molar-refractivity contribution in [1.82, 2.24) is 26.0 Å². The Morgan fingerprint density at radius 3 is 2.18 bits per heavy atom. The second-order valence-electron chi connectivity index (χ2n) is 14.7. The summed E-state index contributed by atoms with van der Waals surface area (Å²) in [4.78, 5) is 43.3. The number of urea groups is 1. The minimum Gasteiger partial charge on any atom is -0.488 e. The maximum absolute atomic E-state index is 14.9. The monoisotopic (exact) mass is 781 g/mol. The fourth-order valence-corrected chi connectivity index (χ4v) is 7.53. The third-order valence-corrected chi connectivity index (χ3v) is 10.2. The van der Waals surface area contributed by atoms with Crippen LogP contribution in [0.5, 0.6) is 5.75 Å². The lowest BCUT2D eigenvalue weighted by Crippen LogP contribution is -2.56. The number of nitrogens with one attached hydrogen (secondary N) is 3. The van der Waals surface area contributed by atoms with Crippen molar-refractivity contribution in [2.45, 2.75) is 85.0 Å². The maximum Gasteiger partial charge on any atom is 0.329 e. The predicted molar refractivity (Wildman–Crippen MR) is 223 cm³/mol. The summed E-state index contributed by atoms with van der Waals surface area (Å²) < 4.78 is 19.2. The van der Waals surface area contributed by atoms with Crippen molar-refractivity contribution in [3.05, 3.63) is 113 Å². The van der Waals surface area contributed by atoms with Crippen LogP contribution in [0.15, 0.2) is 96.4 Å². The zero-order chi connectivity index (χ0) is 40.2. The number of nitrogens with zero attached hydrogens (tertiary/aromatic N) is 2. The molecule has 56 heavy (non-hydrogen) atoms. The molecule has 298 valence electrons. The molecule has 0 saturated carbocycles. The SMILES string of the molecule is CCOC(OCC)C(C)N(Cc1csc2ccccc12)C(=O)C(Cc1ccc(OC(C)(C)C)cc1)NC(=O)CN(C)NC(=O)NCc1cccc2ccccc12. The number of likely N-dealkylation sites (N-methyl/N-ethyl adjacent to an activating group) is 1. The molecular formula is C44H55N5O6S. The number of hydrazine groups is 1. The van der Waals surface area contributed by atoms with Gasteiger partial charge in [-0.15, -0.1) is 11.3 Å². The van der Waals surface area contributed by atoms with Crippen LogP contribution < -0.4 is 20.8 Å². The summed E-state index contributed by atoms with van der Waals surface area (Å²) in [5.74, 6) is -0.0212. The molecule has 0 aliphatic heterocycles. The van der Waals surface area contributed by atoms with E-state index in [-0.39, 0.29) is 31.0 Å². The van der Waals surface area contributed by atoms with Crippen LogP contribution in [-0.4, -0.2) is 78.5 Å². The number of fused-ring (bicyclic) bond motifs is 2. The summed E-state index contributed by atoms with van der Waals surface area (Å²) in [5.41, 5.74) is 5.15. The zero-order valence-corrected chi connectivity index (χ0v) is 34.3. The van der Waals surface area contributed by atoms with Gasteiger partial charge >= 0.3 is 6.03 Å². The highest BCUT2D eigenvalue weighted by atomic mass is 32.1. The second kappa shape index (κ2) is 19.7. The lowest BCUT2D eigenvalue weighted by molar-refractivity contribution is -0.179. The van der Waals surface area contributed by atoms with E-state index in [9.17, 15) is 14.4 Å². The van der Waals surface area contributed by atoms with Gasteiger partial charge in [0, 0.05) is 44.5 Å². The Morgan fingerprint density at radius 1 is 0.821 bits per heavy atom. The Hall–Kier alpha value is -5.01. The summed E-state index contributed by atoms with van der Waals surface area (Å²) in [6.45, 7) is 12.8. The smallest absolute Gasteiger partial charge is 0.329 e. The molecule has 2 atom stereocenters. The third kappa shape index (κ3) is 11.8. The molecule has 5 rings (SSSR count). The molecule has 0 aliphatic rings. The van der Waals surface area contributed by atoms with Crippen LogP contribution in [0, 0.1) is 0 Å². The van der Waals surface area contributed by atoms with Crippen molar-refractivity contribution >= 4 is 50.0 Å². The molecule has 0 bridgehead atoms. The molecule has 0 radical (unpaired) electrons. The van der Waals surface area contributed by atoms with Gasteiger partial charge in [-0.1, -0.05) is 72.8 Å². The van der Waals surface area contributed by atoms with Gasteiger partial charge in [0.2, 0.25) is 11.8 Å². The molecule has 11 nitrogen and oxygen atoms in total. The van der Waals surface area contributed by atoms with E-state index in [0.717, 1.165) is 37.5 Å². The Morgan fingerprint density at radius 2 is 1.48 bits per heavy atom. The number of thiophene rings is 1. The number of amides is 4. The van der Waals surface area contributed by atoms with Crippen molar-refractivity contribution < 1.29 is 28.6 Å². The highest BCUT2D eigenvalue weighted by molar-refractivity contribution is 7.17. The molecule has 5 aromatic rings. The maximum atomic E-state index is 14.9. The molecular weight excluding hydrogens is 727 g/mol. The van der Waals surface area contributed by atoms with Gasteiger partial charge in [0.1, 0.15) is 17.4 Å². The molecule has 1 heterocycles. The van der Waals surface area contributed by atoms with Gasteiger partial charge in [-0.2, -0.15) is 0 Å². The minimum absolute atomic E-state index is 0.199. The van der Waals surface area contributed by atoms with E-state index < -0.39 is 30.3 Å². The summed E-state index contributed by atoms with van der Waals surface area (Å²) in [7, 11) is 1.60. The first-order valence-electron chi connectivity index (χ1n) is 19.1. The number of hydrogen-bond donors (Lipinski definition) is 3. The first-order chi connectivity index (χ1) is 26.8. The van der Waals surface area contributed by atoms with Gasteiger partial charge < -0.3 is 29.7 Å². The van der Waals surface area contributed by atoms with E-state index in [0.29, 0.717) is 25.5 Å². The highest BCUT2D eigenvalue weighted by Gasteiger charge is 2.34. The molecule has 1 aromatic heterocycles. The topological polar surface area (TPSA) is 121 Å². The second-order valence-corrected chi connectivity index (χ2v) is 15.6. The zero-order valence-electron chi connectivity index (χ0n) is 33.5. The molecule has 0 fully saturated rings. The number of hydrogen-bond acceptors (Lipinski definition) is 8. The lowest BCUT2D eigenvalue weighted by Gasteiger charge is -2.36. The Labute approximate surface area is 334 Å². The van der Waals surface area contributed by atoms with Crippen LogP contribution in [0.4, 0.5) is 4.79 Å². The van der Waals surface area contributed by atoms with Gasteiger partial charge in [0.25, 0.3) is 0 Å². The van der Waals surface area contributed by atoms with E-state index in [2.05, 4.69) is 33.6 Å². The van der Waals surface area contributed by atoms with E-state index in [4.69, 9.17) is 14.2 Å². The number of carbonyl (C=O) groups excluding carboxylic acids is 3. The number of benzene rings is 4. The normalized spacial score (nSPS) is 12.8. The molecule has 3 N–H and O–H groups in total. The minimum atomic E-state index is -0.957. The average Bonchev–Trinajstić information content (AvgIpc) is 3.58. The number of ether oxygens (including phenoxy) is 3. The van der Waals surface area contributed by atoms with Crippen molar-refractivity contribution in [2.24, 2.45) is 0 Å². The fourth-order valence-electron chi connectivity index (χ4n) is 6.58. The van der Waals surface area contributed by atoms with Crippen LogP contribution in [0.1, 0.15) is 58.2 Å². The summed E-state index contributed by atoms with van der Waals surface area (Å²) in [5, 5.41) is 12.6. The predicted octanol–water partition coefficient (Wildman–Crippen LogP) is 7.42. The molecule has 0 aliphatic carbocycles. The van der Waals surface area contributed by atoms with Crippen LogP contribution in [0.2, 0.25) is 0 Å². The lowest BCUT2D eigenvalue weighted by atomic mass is 10.0. The number of rotatable bonds is 18. The van der Waals surface area contributed by atoms with Crippen LogP contribution in [0.3, 0.4) is 0 Å². The largest absolute Gasteiger partial charge is 0.488 e. The molecule has 4 amide bonds. The van der Waals surface area contributed by atoms with E-state index in [1.165, 1.54) is 5.01 Å². The number of carbonyl (C=O) groups is 3. The van der Waals surface area contributed by atoms with Gasteiger partial charge in [-0.05, 0) is 98.0 Å². The highest BCUT2D eigenvalue weighted by Crippen LogP contribution is 2.29. The van der Waals surface area contributed by atoms with Crippen molar-refractivity contribution in [1.29, 1.82) is 0 Å². The van der Waals surface area contributed by atoms with Gasteiger partial charge in [-0.3, -0.25) is 15.0 Å². The first kappa shape index (κ1) is 42.1. The van der Waals surface area contributed by atoms with E-state index >= 15 is 0 Å².